The van der Waals surface area contributed by atoms with Gasteiger partial charge in [-0.05, 0) is 255 Å². The van der Waals surface area contributed by atoms with Gasteiger partial charge in [-0.2, -0.15) is 0 Å². The lowest BCUT2D eigenvalue weighted by Crippen LogP contribution is -2.11. The van der Waals surface area contributed by atoms with Crippen molar-refractivity contribution in [2.75, 3.05) is 48.8 Å². The molecule has 5 saturated carbocycles. The van der Waals surface area contributed by atoms with Crippen molar-refractivity contribution in [1.29, 1.82) is 0 Å². The van der Waals surface area contributed by atoms with Crippen LogP contribution in [0.2, 0.25) is 0 Å². The lowest BCUT2D eigenvalue weighted by molar-refractivity contribution is -0.137. The van der Waals surface area contributed by atoms with Crippen LogP contribution in [0, 0.1) is 0 Å². The number of rotatable bonds is 26. The quantitative estimate of drug-likeness (QED) is 0.0249. The molecule has 0 spiro atoms. The van der Waals surface area contributed by atoms with Crippen LogP contribution in [0.1, 0.15) is 174 Å². The monoisotopic (exact) mass is 1440 g/mol. The van der Waals surface area contributed by atoms with Crippen molar-refractivity contribution in [3.8, 4) is 90.9 Å². The van der Waals surface area contributed by atoms with Gasteiger partial charge in [-0.1, -0.05) is 30.3 Å². The molecule has 0 aliphatic heterocycles. The number of carbonyl (C=O) groups is 4. The number of nitrogens with one attached hydrogen (secondary N) is 3. The van der Waals surface area contributed by atoms with Crippen LogP contribution in [0.15, 0.2) is 146 Å². The number of carboxylic acids is 2. The van der Waals surface area contributed by atoms with Gasteiger partial charge in [0, 0.05) is 60.5 Å². The number of hydrogen-bond acceptors (Lipinski definition) is 16. The molecule has 105 heavy (non-hydrogen) atoms. The van der Waals surface area contributed by atoms with E-state index in [0.29, 0.717) is 59.2 Å². The van der Waals surface area contributed by atoms with E-state index in [1.165, 1.54) is 82.0 Å². The molecule has 21 nitrogen and oxygen atoms in total. The molecule has 0 unspecified atom stereocenters. The summed E-state index contributed by atoms with van der Waals surface area (Å²) in [5, 5.41) is 17.9. The van der Waals surface area contributed by atoms with E-state index < -0.39 is 11.9 Å². The van der Waals surface area contributed by atoms with Gasteiger partial charge in [0.2, 0.25) is 0 Å². The van der Waals surface area contributed by atoms with Gasteiger partial charge in [0.05, 0.1) is 90.4 Å². The normalized spacial score (nSPS) is 15.2. The first-order valence-corrected chi connectivity index (χ1v) is 36.6. The van der Waals surface area contributed by atoms with Gasteiger partial charge < -0.3 is 82.0 Å². The van der Waals surface area contributed by atoms with E-state index in [1.807, 2.05) is 79.1 Å². The fourth-order valence-corrected chi connectivity index (χ4v) is 13.3. The first-order chi connectivity index (χ1) is 51.2. The zero-order valence-corrected chi connectivity index (χ0v) is 61.4. The number of carbonyl (C=O) groups excluding carboxylic acids is 2. The summed E-state index contributed by atoms with van der Waals surface area (Å²) in [6.45, 7) is 4.31. The third kappa shape index (κ3) is 23.4. The van der Waals surface area contributed by atoms with Crippen LogP contribution < -0.4 is 47.4 Å². The highest BCUT2D eigenvalue weighted by Crippen LogP contribution is 2.41. The number of methoxy groups -OCH3 is 5. The second-order valence-corrected chi connectivity index (χ2v) is 26.0. The molecule has 0 saturated heterocycles. The molecule has 5 fully saturated rings. The molecular formula is C84H101N3O18. The lowest BCUT2D eigenvalue weighted by atomic mass is 10.0. The Morgan fingerprint density at radius 2 is 0.714 bits per heavy atom. The third-order valence-corrected chi connectivity index (χ3v) is 18.7. The number of hydrogen-bond donors (Lipinski definition) is 5. The molecule has 0 atom stereocenters. The highest BCUT2D eigenvalue weighted by atomic mass is 16.6. The van der Waals surface area contributed by atoms with Gasteiger partial charge >= 0.3 is 23.9 Å². The maximum atomic E-state index is 12.1. The van der Waals surface area contributed by atoms with Crippen molar-refractivity contribution in [1.82, 2.24) is 15.0 Å². The Hall–Kier alpha value is -10.7. The highest BCUT2D eigenvalue weighted by molar-refractivity contribution is 5.98. The largest absolute Gasteiger partial charge is 0.493 e. The number of carboxylic acid groups (broad SMARTS) is 2. The molecule has 8 aromatic rings. The van der Waals surface area contributed by atoms with Crippen molar-refractivity contribution < 1.29 is 86.2 Å². The molecule has 13 rings (SSSR count). The molecule has 5 aromatic carbocycles. The van der Waals surface area contributed by atoms with Crippen molar-refractivity contribution in [2.24, 2.45) is 0 Å². The molecule has 0 radical (unpaired) electrons. The summed E-state index contributed by atoms with van der Waals surface area (Å²) < 4.78 is 67.0. The topological polar surface area (TPSA) is 267 Å². The Bertz CT molecular complexity index is 4080. The van der Waals surface area contributed by atoms with Crippen LogP contribution in [-0.4, -0.2) is 128 Å². The minimum atomic E-state index is -0.964. The molecule has 0 bridgehead atoms. The third-order valence-electron chi connectivity index (χ3n) is 18.7. The molecule has 3 heterocycles. The Balaban J connectivity index is 0.000000152. The van der Waals surface area contributed by atoms with Crippen LogP contribution in [-0.2, 0) is 19.1 Å². The molecule has 3 aromatic heterocycles. The number of aromatic amines is 3. The van der Waals surface area contributed by atoms with Crippen LogP contribution in [0.25, 0.3) is 45.5 Å². The minimum Gasteiger partial charge on any atom is -0.493 e. The van der Waals surface area contributed by atoms with E-state index >= 15 is 0 Å². The van der Waals surface area contributed by atoms with Gasteiger partial charge in [-0.3, -0.25) is 0 Å². The predicted molar refractivity (Wildman–Crippen MR) is 404 cm³/mol. The summed E-state index contributed by atoms with van der Waals surface area (Å²) in [6.07, 6.45) is 40.7. The number of aromatic nitrogens is 3. The van der Waals surface area contributed by atoms with Crippen LogP contribution in [0.4, 0.5) is 0 Å². The number of benzene rings is 5. The number of aliphatic carboxylic acids is 1. The van der Waals surface area contributed by atoms with Gasteiger partial charge in [0.1, 0.15) is 0 Å². The standard InChI is InChI=1S/C19H23NO4.C17H19NO4.C17H22O4.C16H19NO2.C15H18O4/c1-3-23-19(21)16-12-20-11-15(16)13-8-9-17(22-2)18(10-13)24-14-6-4-5-7-14;1-21-15-7-6-11(13-9-18-10-14(13)17(19)20)8-16(15)22-12-4-2-3-5-12;1-3-20-17(18)11-9-13-8-10-15(19-2)16(12-13)21-14-6-4-5-7-14;1-18-15-7-6-12(13-8-9-17-11-13)10-16(15)19-14-4-2-3-5-14;1-18-13-8-6-11(7-9-15(16)17)10-14(13)19-12-4-2-3-5-12/h8-12,14,20H,3-7H2,1-2H3;6-10,12,18H,2-5H2,1H3,(H,19,20);8-12,14H,3-7H2,1-2H3;6-11,14,17H,2-5H2,1H3;6-10,12H,2-5H2,1H3,(H,16,17)/b;;11-9+;;9-7+. The fraction of sp³-hybridized carbons (Fsp3) is 0.405. The van der Waals surface area contributed by atoms with E-state index in [-0.39, 0.29) is 41.9 Å². The van der Waals surface area contributed by atoms with Crippen molar-refractivity contribution in [3.63, 3.8) is 0 Å². The number of H-pyrrole nitrogens is 3. The summed E-state index contributed by atoms with van der Waals surface area (Å²) >= 11 is 0. The lowest BCUT2D eigenvalue weighted by Gasteiger charge is -2.17. The van der Waals surface area contributed by atoms with Gasteiger partial charge in [-0.15, -0.1) is 0 Å². The van der Waals surface area contributed by atoms with E-state index in [4.69, 9.17) is 61.9 Å². The summed E-state index contributed by atoms with van der Waals surface area (Å²) in [4.78, 5) is 54.1. The maximum absolute atomic E-state index is 12.1. The number of aromatic carboxylic acids is 1. The summed E-state index contributed by atoms with van der Waals surface area (Å²) in [7, 11) is 8.16. The summed E-state index contributed by atoms with van der Waals surface area (Å²) in [5.41, 5.74) is 7.90. The summed E-state index contributed by atoms with van der Waals surface area (Å²) in [6, 6.07) is 30.5. The van der Waals surface area contributed by atoms with Crippen LogP contribution in [0.5, 0.6) is 57.5 Å². The molecule has 0 amide bonds. The average Bonchev–Trinajstić information content (AvgIpc) is 1.75. The van der Waals surface area contributed by atoms with Crippen molar-refractivity contribution in [3.05, 3.63) is 169 Å². The molecule has 560 valence electrons. The van der Waals surface area contributed by atoms with Crippen molar-refractivity contribution >= 4 is 36.0 Å². The van der Waals surface area contributed by atoms with Gasteiger partial charge in [-0.25, -0.2) is 19.2 Å². The predicted octanol–water partition coefficient (Wildman–Crippen LogP) is 18.6. The molecule has 5 N–H and O–H groups in total. The van der Waals surface area contributed by atoms with Gasteiger partial charge in [0.15, 0.2) is 57.5 Å². The Kier molecular flexibility index (Phi) is 30.6. The second kappa shape index (κ2) is 41.0. The SMILES string of the molecule is CCOC(=O)/C=C/c1ccc(OC)c(OC2CCCC2)c1.CCOC(=O)c1c[nH]cc1-c1ccc(OC)c(OC2CCCC2)c1.COc1ccc(-c2c[nH]cc2C(=O)O)cc1OC1CCCC1.COc1ccc(-c2cc[nH]c2)cc1OC1CCCC1.COc1ccc(/C=C/C(=O)O)cc1OC1CCCC1. The highest BCUT2D eigenvalue weighted by Gasteiger charge is 2.25. The Morgan fingerprint density at radius 1 is 0.371 bits per heavy atom. The molecular weight excluding hydrogens is 1340 g/mol. The zero-order valence-electron chi connectivity index (χ0n) is 61.4. The van der Waals surface area contributed by atoms with E-state index in [1.54, 1.807) is 92.3 Å². The molecule has 21 heteroatoms. The van der Waals surface area contributed by atoms with Crippen LogP contribution >= 0.6 is 0 Å². The molecule has 5 aliphatic rings. The van der Waals surface area contributed by atoms with E-state index in [0.717, 1.165) is 132 Å². The minimum absolute atomic E-state index is 0.217. The smallest absolute Gasteiger partial charge is 0.340 e. The number of ether oxygens (including phenoxy) is 12. The fourth-order valence-electron chi connectivity index (χ4n) is 13.3. The van der Waals surface area contributed by atoms with Gasteiger partial charge in [0.25, 0.3) is 0 Å². The second-order valence-electron chi connectivity index (χ2n) is 26.0. The first-order valence-electron chi connectivity index (χ1n) is 36.6. The maximum Gasteiger partial charge on any atom is 0.340 e. The Labute approximate surface area is 615 Å². The first kappa shape index (κ1) is 78.4. The van der Waals surface area contributed by atoms with E-state index in [2.05, 4.69) is 33.2 Å². The molecule has 5 aliphatic carbocycles. The van der Waals surface area contributed by atoms with E-state index in [9.17, 15) is 24.3 Å². The Morgan fingerprint density at radius 3 is 1.07 bits per heavy atom. The van der Waals surface area contributed by atoms with Crippen molar-refractivity contribution in [2.45, 2.75) is 173 Å². The number of esters is 2. The summed E-state index contributed by atoms with van der Waals surface area (Å²) in [5.74, 6) is 4.66. The average molecular weight is 1440 g/mol. The van der Waals surface area contributed by atoms with Crippen LogP contribution in [0.3, 0.4) is 0 Å². The zero-order chi connectivity index (χ0) is 74.3.